The Morgan fingerprint density at radius 2 is 2.42 bits per heavy atom. The largest absolute Gasteiger partial charge is 0.373 e. The van der Waals surface area contributed by atoms with E-state index in [1.807, 2.05) is 0 Å². The Balaban J connectivity index is 2.15. The van der Waals surface area contributed by atoms with E-state index in [1.54, 1.807) is 7.11 Å². The smallest absolute Gasteiger partial charge is 0.242 e. The maximum atomic E-state index is 5.58. The van der Waals surface area contributed by atoms with Crippen LogP contribution in [-0.2, 0) is 4.74 Å². The van der Waals surface area contributed by atoms with E-state index in [2.05, 4.69) is 15.2 Å². The Hall–Kier alpha value is -0.610. The lowest BCUT2D eigenvalue weighted by Crippen LogP contribution is -2.05. The molecule has 1 aromatic rings. The summed E-state index contributed by atoms with van der Waals surface area (Å²) in [7, 11) is 1.68. The van der Waals surface area contributed by atoms with E-state index in [0.717, 1.165) is 5.82 Å². The number of methoxy groups -OCH3 is 1. The van der Waals surface area contributed by atoms with Gasteiger partial charge in [0.1, 0.15) is 6.10 Å². The molecule has 1 saturated carbocycles. The minimum Gasteiger partial charge on any atom is -0.373 e. The number of nitrogens with zero attached hydrogens (tertiary/aromatic N) is 2. The molecule has 4 nitrogen and oxygen atoms in total. The monoisotopic (exact) mass is 187 g/mol. The van der Waals surface area contributed by atoms with E-state index in [9.17, 15) is 0 Å². The average Bonchev–Trinajstić information content (AvgIpc) is 2.78. The number of hydrogen-bond acceptors (Lipinski definition) is 3. The molecule has 1 fully saturated rings. The van der Waals surface area contributed by atoms with E-state index in [1.165, 1.54) is 12.8 Å². The molecule has 0 radical (unpaired) electrons. The molecule has 1 heterocycles. The fraction of sp³-hybridized carbons (Fsp3) is 0.714. The van der Waals surface area contributed by atoms with Gasteiger partial charge in [-0.3, -0.25) is 5.10 Å². The predicted molar refractivity (Wildman–Crippen MR) is 43.9 cm³/mol. The molecule has 12 heavy (non-hydrogen) atoms. The standard InChI is InChI=1S/C7H10ClN3O/c1-12-5(4-2-3-4)6-9-7(8)11-10-6/h4-5H,2-3H2,1H3,(H,9,10,11). The summed E-state index contributed by atoms with van der Waals surface area (Å²) in [6, 6.07) is 0. The zero-order valence-electron chi connectivity index (χ0n) is 6.75. The first kappa shape index (κ1) is 8.01. The summed E-state index contributed by atoms with van der Waals surface area (Å²) in [4.78, 5) is 4.02. The third-order valence-electron chi connectivity index (χ3n) is 2.05. The summed E-state index contributed by atoms with van der Waals surface area (Å²) in [5, 5.41) is 6.76. The van der Waals surface area contributed by atoms with Crippen LogP contribution in [0.25, 0.3) is 0 Å². The van der Waals surface area contributed by atoms with Gasteiger partial charge in [-0.25, -0.2) is 0 Å². The third kappa shape index (κ3) is 1.44. The molecule has 1 aromatic heterocycles. The molecule has 1 atom stereocenters. The number of ether oxygens (including phenoxy) is 1. The minimum atomic E-state index is 0.0463. The first-order valence-electron chi connectivity index (χ1n) is 3.92. The van der Waals surface area contributed by atoms with Crippen molar-refractivity contribution in [3.63, 3.8) is 0 Å². The van der Waals surface area contributed by atoms with Crippen molar-refractivity contribution in [1.82, 2.24) is 15.2 Å². The molecule has 1 N–H and O–H groups in total. The summed E-state index contributed by atoms with van der Waals surface area (Å²) in [6.07, 6.45) is 2.46. The van der Waals surface area contributed by atoms with Gasteiger partial charge < -0.3 is 4.74 Å². The van der Waals surface area contributed by atoms with Gasteiger partial charge in [0.25, 0.3) is 0 Å². The van der Waals surface area contributed by atoms with Gasteiger partial charge in [0, 0.05) is 7.11 Å². The van der Waals surface area contributed by atoms with E-state index in [0.29, 0.717) is 5.92 Å². The molecular weight excluding hydrogens is 178 g/mol. The van der Waals surface area contributed by atoms with Crippen molar-refractivity contribution in [2.75, 3.05) is 7.11 Å². The Morgan fingerprint density at radius 3 is 2.83 bits per heavy atom. The lowest BCUT2D eigenvalue weighted by Gasteiger charge is -2.09. The first-order valence-corrected chi connectivity index (χ1v) is 4.29. The van der Waals surface area contributed by atoms with Gasteiger partial charge >= 0.3 is 0 Å². The lowest BCUT2D eigenvalue weighted by atomic mass is 10.2. The van der Waals surface area contributed by atoms with Crippen molar-refractivity contribution in [2.45, 2.75) is 18.9 Å². The van der Waals surface area contributed by atoms with Gasteiger partial charge in [0.2, 0.25) is 5.28 Å². The number of halogens is 1. The second-order valence-electron chi connectivity index (χ2n) is 2.98. The van der Waals surface area contributed by atoms with Gasteiger partial charge in [0.15, 0.2) is 5.82 Å². The van der Waals surface area contributed by atoms with Gasteiger partial charge in [-0.05, 0) is 30.4 Å². The third-order valence-corrected chi connectivity index (χ3v) is 2.22. The van der Waals surface area contributed by atoms with Gasteiger partial charge in [-0.15, -0.1) is 5.10 Å². The Kier molecular flexibility index (Phi) is 2.02. The highest BCUT2D eigenvalue weighted by Crippen LogP contribution is 2.41. The van der Waals surface area contributed by atoms with Crippen molar-refractivity contribution in [3.05, 3.63) is 11.1 Å². The van der Waals surface area contributed by atoms with Crippen LogP contribution in [0.5, 0.6) is 0 Å². The molecule has 0 amide bonds. The SMILES string of the molecule is COC(c1nc(Cl)n[nH]1)C1CC1. The first-order chi connectivity index (χ1) is 5.81. The minimum absolute atomic E-state index is 0.0463. The molecule has 0 bridgehead atoms. The summed E-state index contributed by atoms with van der Waals surface area (Å²) >= 11 is 5.58. The summed E-state index contributed by atoms with van der Waals surface area (Å²) in [5.41, 5.74) is 0. The van der Waals surface area contributed by atoms with Crippen LogP contribution in [0.3, 0.4) is 0 Å². The highest BCUT2D eigenvalue weighted by atomic mass is 35.5. The maximum absolute atomic E-state index is 5.58. The van der Waals surface area contributed by atoms with Crippen molar-refractivity contribution < 1.29 is 4.74 Å². The van der Waals surface area contributed by atoms with E-state index in [4.69, 9.17) is 16.3 Å². The van der Waals surface area contributed by atoms with Crippen LogP contribution in [0, 0.1) is 5.92 Å². The molecule has 1 aliphatic rings. The van der Waals surface area contributed by atoms with Gasteiger partial charge in [-0.2, -0.15) is 4.98 Å². The topological polar surface area (TPSA) is 50.8 Å². The molecule has 1 unspecified atom stereocenters. The van der Waals surface area contributed by atoms with E-state index >= 15 is 0 Å². The van der Waals surface area contributed by atoms with Crippen LogP contribution >= 0.6 is 11.6 Å². The molecule has 0 saturated heterocycles. The van der Waals surface area contributed by atoms with Crippen LogP contribution in [-0.4, -0.2) is 22.3 Å². The summed E-state index contributed by atoms with van der Waals surface area (Å²) in [5.74, 6) is 1.34. The molecule has 2 rings (SSSR count). The van der Waals surface area contributed by atoms with E-state index in [-0.39, 0.29) is 11.4 Å². The quantitative estimate of drug-likeness (QED) is 0.781. The number of nitrogens with one attached hydrogen (secondary N) is 1. The highest BCUT2D eigenvalue weighted by Gasteiger charge is 2.34. The zero-order chi connectivity index (χ0) is 8.55. The van der Waals surface area contributed by atoms with Crippen molar-refractivity contribution in [3.8, 4) is 0 Å². The van der Waals surface area contributed by atoms with Crippen LogP contribution in [0.4, 0.5) is 0 Å². The Morgan fingerprint density at radius 1 is 1.67 bits per heavy atom. The normalized spacial score (nSPS) is 19.5. The van der Waals surface area contributed by atoms with Gasteiger partial charge in [-0.1, -0.05) is 0 Å². The van der Waals surface area contributed by atoms with Crippen molar-refractivity contribution in [2.24, 2.45) is 5.92 Å². The van der Waals surface area contributed by atoms with Crippen LogP contribution in [0.15, 0.2) is 0 Å². The Labute approximate surface area is 75.3 Å². The molecule has 5 heteroatoms. The van der Waals surface area contributed by atoms with Crippen molar-refractivity contribution >= 4 is 11.6 Å². The highest BCUT2D eigenvalue weighted by molar-refractivity contribution is 6.28. The second kappa shape index (κ2) is 3.03. The number of hydrogen-bond donors (Lipinski definition) is 1. The lowest BCUT2D eigenvalue weighted by molar-refractivity contribution is 0.0775. The van der Waals surface area contributed by atoms with Gasteiger partial charge in [0.05, 0.1) is 0 Å². The zero-order valence-corrected chi connectivity index (χ0v) is 7.51. The molecule has 0 aliphatic heterocycles. The second-order valence-corrected chi connectivity index (χ2v) is 3.32. The maximum Gasteiger partial charge on any atom is 0.242 e. The average molecular weight is 188 g/mol. The fourth-order valence-corrected chi connectivity index (χ4v) is 1.44. The number of aromatic nitrogens is 3. The molecule has 66 valence electrons. The Bertz CT molecular complexity index is 271. The van der Waals surface area contributed by atoms with Crippen molar-refractivity contribution in [1.29, 1.82) is 0 Å². The molecule has 1 aliphatic carbocycles. The molecule has 0 aromatic carbocycles. The summed E-state index contributed by atoms with van der Waals surface area (Å²) < 4.78 is 5.28. The predicted octanol–water partition coefficient (Wildman–Crippen LogP) is 1.56. The van der Waals surface area contributed by atoms with Crippen LogP contribution in [0.1, 0.15) is 24.8 Å². The van der Waals surface area contributed by atoms with Crippen LogP contribution in [0.2, 0.25) is 5.28 Å². The molecular formula is C7H10ClN3O. The molecule has 0 spiro atoms. The van der Waals surface area contributed by atoms with Crippen LogP contribution < -0.4 is 0 Å². The summed E-state index contributed by atoms with van der Waals surface area (Å²) in [6.45, 7) is 0. The number of aromatic amines is 1. The van der Waals surface area contributed by atoms with E-state index < -0.39 is 0 Å². The fourth-order valence-electron chi connectivity index (χ4n) is 1.31. The number of H-pyrrole nitrogens is 1. The number of rotatable bonds is 3.